The van der Waals surface area contributed by atoms with Crippen LogP contribution in [0.2, 0.25) is 0 Å². The van der Waals surface area contributed by atoms with Gasteiger partial charge in [-0.1, -0.05) is 0 Å². The first-order valence-electron chi connectivity index (χ1n) is 6.67. The van der Waals surface area contributed by atoms with Crippen molar-refractivity contribution in [2.75, 3.05) is 24.6 Å². The van der Waals surface area contributed by atoms with E-state index in [1.165, 1.54) is 4.31 Å². The standard InChI is InChI=1S/C11H22N2O4S2/c1-9-2-3-10(6-12)7-13(9)19(16,17)11-4-5-18(14,15)8-11/h9-11H,2-8,12H2,1H3. The summed E-state index contributed by atoms with van der Waals surface area (Å²) in [6, 6.07) is -0.0592. The molecular weight excluding hydrogens is 288 g/mol. The summed E-state index contributed by atoms with van der Waals surface area (Å²) >= 11 is 0. The van der Waals surface area contributed by atoms with Crippen molar-refractivity contribution in [2.45, 2.75) is 37.5 Å². The van der Waals surface area contributed by atoms with Gasteiger partial charge in [0, 0.05) is 12.6 Å². The van der Waals surface area contributed by atoms with Crippen LogP contribution in [0, 0.1) is 5.92 Å². The van der Waals surface area contributed by atoms with E-state index < -0.39 is 25.1 Å². The van der Waals surface area contributed by atoms with Crippen molar-refractivity contribution in [2.24, 2.45) is 11.7 Å². The maximum Gasteiger partial charge on any atom is 0.218 e. The molecule has 0 amide bonds. The second-order valence-corrected chi connectivity index (χ2v) is 10.1. The second-order valence-electron chi connectivity index (χ2n) is 5.67. The summed E-state index contributed by atoms with van der Waals surface area (Å²) in [6.45, 7) is 2.78. The van der Waals surface area contributed by atoms with Crippen LogP contribution in [0.1, 0.15) is 26.2 Å². The predicted octanol–water partition coefficient (Wildman–Crippen LogP) is -0.437. The summed E-state index contributed by atoms with van der Waals surface area (Å²) in [6.07, 6.45) is 1.95. The molecule has 0 bridgehead atoms. The third kappa shape index (κ3) is 3.12. The van der Waals surface area contributed by atoms with Gasteiger partial charge in [-0.05, 0) is 38.6 Å². The molecule has 0 spiro atoms. The largest absolute Gasteiger partial charge is 0.330 e. The fourth-order valence-electron chi connectivity index (χ4n) is 2.88. The van der Waals surface area contributed by atoms with Gasteiger partial charge in [0.05, 0.1) is 16.8 Å². The highest BCUT2D eigenvalue weighted by atomic mass is 32.2. The molecule has 0 radical (unpaired) electrons. The molecule has 2 rings (SSSR count). The Kier molecular flexibility index (Phi) is 4.25. The van der Waals surface area contributed by atoms with Gasteiger partial charge in [0.1, 0.15) is 0 Å². The van der Waals surface area contributed by atoms with Gasteiger partial charge in [0.15, 0.2) is 9.84 Å². The predicted molar refractivity (Wildman–Crippen MR) is 73.9 cm³/mol. The molecule has 2 aliphatic heterocycles. The van der Waals surface area contributed by atoms with Crippen molar-refractivity contribution < 1.29 is 16.8 Å². The van der Waals surface area contributed by atoms with Crippen molar-refractivity contribution in [3.05, 3.63) is 0 Å². The van der Waals surface area contributed by atoms with Crippen LogP contribution in [0.25, 0.3) is 0 Å². The molecule has 0 aromatic rings. The van der Waals surface area contributed by atoms with Crippen LogP contribution in [0.5, 0.6) is 0 Å². The zero-order chi connectivity index (χ0) is 14.3. The van der Waals surface area contributed by atoms with Crippen LogP contribution in [0.4, 0.5) is 0 Å². The average molecular weight is 310 g/mol. The van der Waals surface area contributed by atoms with Crippen LogP contribution in [0.15, 0.2) is 0 Å². The summed E-state index contributed by atoms with van der Waals surface area (Å²) in [5.41, 5.74) is 5.63. The number of nitrogens with zero attached hydrogens (tertiary/aromatic N) is 1. The second kappa shape index (κ2) is 5.31. The number of sulfonamides is 1. The number of hydrogen-bond donors (Lipinski definition) is 1. The Bertz CT molecular complexity index is 529. The fourth-order valence-corrected chi connectivity index (χ4v) is 7.71. The monoisotopic (exact) mass is 310 g/mol. The summed E-state index contributed by atoms with van der Waals surface area (Å²) in [4.78, 5) is 0. The number of piperidine rings is 1. The third-order valence-corrected chi connectivity index (χ3v) is 8.58. The molecule has 8 heteroatoms. The minimum Gasteiger partial charge on any atom is -0.330 e. The lowest BCUT2D eigenvalue weighted by Crippen LogP contribution is -2.50. The molecule has 2 N–H and O–H groups in total. The molecule has 2 saturated heterocycles. The van der Waals surface area contributed by atoms with Gasteiger partial charge < -0.3 is 5.73 Å². The molecule has 112 valence electrons. The maximum absolute atomic E-state index is 12.6. The highest BCUT2D eigenvalue weighted by Crippen LogP contribution is 2.29. The van der Waals surface area contributed by atoms with Gasteiger partial charge in [0.2, 0.25) is 10.0 Å². The summed E-state index contributed by atoms with van der Waals surface area (Å²) < 4.78 is 49.6. The van der Waals surface area contributed by atoms with Crippen molar-refractivity contribution in [1.29, 1.82) is 0 Å². The topological polar surface area (TPSA) is 97.5 Å². The van der Waals surface area contributed by atoms with E-state index in [-0.39, 0.29) is 29.9 Å². The molecule has 0 aromatic carbocycles. The van der Waals surface area contributed by atoms with E-state index in [0.717, 1.165) is 12.8 Å². The molecular formula is C11H22N2O4S2. The highest BCUT2D eigenvalue weighted by Gasteiger charge is 2.43. The Morgan fingerprint density at radius 3 is 2.47 bits per heavy atom. The minimum absolute atomic E-state index is 0.0144. The Balaban J connectivity index is 2.19. The molecule has 2 heterocycles. The first-order valence-corrected chi connectivity index (χ1v) is 10.00. The van der Waals surface area contributed by atoms with Gasteiger partial charge in [-0.15, -0.1) is 0 Å². The van der Waals surface area contributed by atoms with Gasteiger partial charge in [0.25, 0.3) is 0 Å². The SMILES string of the molecule is CC1CCC(CN)CN1S(=O)(=O)C1CCS(=O)(=O)C1. The highest BCUT2D eigenvalue weighted by molar-refractivity contribution is 7.95. The normalized spacial score (nSPS) is 36.4. The van der Waals surface area contributed by atoms with Crippen molar-refractivity contribution in [3.63, 3.8) is 0 Å². The van der Waals surface area contributed by atoms with Crippen molar-refractivity contribution in [3.8, 4) is 0 Å². The van der Waals surface area contributed by atoms with E-state index in [0.29, 0.717) is 13.1 Å². The quantitative estimate of drug-likeness (QED) is 0.762. The first-order chi connectivity index (χ1) is 8.76. The van der Waals surface area contributed by atoms with Crippen molar-refractivity contribution in [1.82, 2.24) is 4.31 Å². The first kappa shape index (κ1) is 15.2. The average Bonchev–Trinajstić information content (AvgIpc) is 2.71. The lowest BCUT2D eigenvalue weighted by molar-refractivity contribution is 0.209. The Hall–Kier alpha value is -0.180. The molecule has 3 unspecified atom stereocenters. The van der Waals surface area contributed by atoms with Gasteiger partial charge in [-0.25, -0.2) is 16.8 Å². The van der Waals surface area contributed by atoms with Crippen LogP contribution in [-0.4, -0.2) is 57.0 Å². The van der Waals surface area contributed by atoms with Crippen LogP contribution in [0.3, 0.4) is 0 Å². The molecule has 0 aromatic heterocycles. The van der Waals surface area contributed by atoms with Crippen LogP contribution < -0.4 is 5.73 Å². The van der Waals surface area contributed by atoms with Crippen molar-refractivity contribution >= 4 is 19.9 Å². The van der Waals surface area contributed by atoms with E-state index in [9.17, 15) is 16.8 Å². The Morgan fingerprint density at radius 1 is 1.26 bits per heavy atom. The summed E-state index contributed by atoms with van der Waals surface area (Å²) in [5.74, 6) is -0.0605. The molecule has 19 heavy (non-hydrogen) atoms. The lowest BCUT2D eigenvalue weighted by atomic mass is 9.96. The Morgan fingerprint density at radius 2 is 1.95 bits per heavy atom. The Labute approximate surface area is 115 Å². The van der Waals surface area contributed by atoms with Crippen LogP contribution in [-0.2, 0) is 19.9 Å². The molecule has 2 fully saturated rings. The maximum atomic E-state index is 12.6. The summed E-state index contributed by atoms with van der Waals surface area (Å²) in [7, 11) is -6.71. The zero-order valence-electron chi connectivity index (χ0n) is 11.2. The van der Waals surface area contributed by atoms with E-state index >= 15 is 0 Å². The molecule has 0 aliphatic carbocycles. The minimum atomic E-state index is -3.53. The third-order valence-electron chi connectivity index (χ3n) is 4.19. The summed E-state index contributed by atoms with van der Waals surface area (Å²) in [5, 5.41) is -0.767. The number of nitrogens with two attached hydrogens (primary N) is 1. The van der Waals surface area contributed by atoms with E-state index in [2.05, 4.69) is 0 Å². The van der Waals surface area contributed by atoms with E-state index in [1.807, 2.05) is 6.92 Å². The number of rotatable bonds is 3. The zero-order valence-corrected chi connectivity index (χ0v) is 12.8. The molecule has 0 saturated carbocycles. The fraction of sp³-hybridized carbons (Fsp3) is 1.00. The molecule has 2 aliphatic rings. The lowest BCUT2D eigenvalue weighted by Gasteiger charge is -2.37. The van der Waals surface area contributed by atoms with Gasteiger partial charge in [-0.2, -0.15) is 4.31 Å². The van der Waals surface area contributed by atoms with Gasteiger partial charge in [-0.3, -0.25) is 0 Å². The number of hydrogen-bond acceptors (Lipinski definition) is 5. The molecule has 6 nitrogen and oxygen atoms in total. The van der Waals surface area contributed by atoms with E-state index in [1.54, 1.807) is 0 Å². The molecule has 3 atom stereocenters. The van der Waals surface area contributed by atoms with Gasteiger partial charge >= 0.3 is 0 Å². The number of sulfone groups is 1. The smallest absolute Gasteiger partial charge is 0.218 e. The van der Waals surface area contributed by atoms with Crippen LogP contribution >= 0.6 is 0 Å². The van der Waals surface area contributed by atoms with E-state index in [4.69, 9.17) is 5.73 Å².